The van der Waals surface area contributed by atoms with Gasteiger partial charge in [0.1, 0.15) is 17.7 Å². The number of aliphatic hydroxyl groups excluding tert-OH is 1. The van der Waals surface area contributed by atoms with Crippen LogP contribution in [0.4, 0.5) is 0 Å². The molecule has 48 heavy (non-hydrogen) atoms. The van der Waals surface area contributed by atoms with E-state index in [1.54, 1.807) is 22.0 Å². The van der Waals surface area contributed by atoms with Gasteiger partial charge in [0.2, 0.25) is 17.7 Å². The fourth-order valence-corrected chi connectivity index (χ4v) is 7.82. The maximum Gasteiger partial charge on any atom is 0.313 e. The van der Waals surface area contributed by atoms with Crippen molar-refractivity contribution in [2.45, 2.75) is 101 Å². The summed E-state index contributed by atoms with van der Waals surface area (Å²) in [5.41, 5.74) is -0.516. The normalized spacial score (nSPS) is 26.0. The summed E-state index contributed by atoms with van der Waals surface area (Å²) in [4.78, 5) is 59.5. The second kappa shape index (κ2) is 17.2. The molecule has 4 rings (SSSR count). The summed E-state index contributed by atoms with van der Waals surface area (Å²) in [5, 5.41) is 12.5. The molecule has 11 heteroatoms. The second-order valence-electron chi connectivity index (χ2n) is 13.2. The van der Waals surface area contributed by atoms with Crippen LogP contribution in [-0.2, 0) is 33.4 Å². The van der Waals surface area contributed by atoms with Gasteiger partial charge in [0.25, 0.3) is 0 Å². The first-order chi connectivity index (χ1) is 23.2. The van der Waals surface area contributed by atoms with Crippen LogP contribution in [0.25, 0.3) is 0 Å². The molecule has 0 aromatic heterocycles. The van der Waals surface area contributed by atoms with Crippen LogP contribution in [-0.4, -0.2) is 102 Å². The van der Waals surface area contributed by atoms with Crippen LogP contribution in [0.5, 0.6) is 0 Å². The Bertz CT molecular complexity index is 1290. The first-order valence-corrected chi connectivity index (χ1v) is 17.3. The smallest absolute Gasteiger partial charge is 0.313 e. The quantitative estimate of drug-likeness (QED) is 0.122. The number of carbonyl (C=O) groups excluding carboxylic acids is 4. The van der Waals surface area contributed by atoms with Gasteiger partial charge in [-0.3, -0.25) is 19.2 Å². The summed E-state index contributed by atoms with van der Waals surface area (Å²) < 4.78 is 18.4. The number of unbranched alkanes of at least 4 members (excludes halogenated alkanes) is 1. The molecule has 3 amide bonds. The minimum atomic E-state index is -1.18. The lowest BCUT2D eigenvalue weighted by Gasteiger charge is -2.39. The van der Waals surface area contributed by atoms with Gasteiger partial charge in [0.15, 0.2) is 0 Å². The van der Waals surface area contributed by atoms with Crippen LogP contribution in [0.15, 0.2) is 55.6 Å². The zero-order valence-electron chi connectivity index (χ0n) is 28.7. The lowest BCUT2D eigenvalue weighted by Crippen LogP contribution is -2.58. The molecule has 1 aromatic rings. The Balaban J connectivity index is 1.68. The molecule has 0 radical (unpaired) electrons. The lowest BCUT2D eigenvalue weighted by molar-refractivity contribution is -0.163. The van der Waals surface area contributed by atoms with E-state index >= 15 is 0 Å². The summed E-state index contributed by atoms with van der Waals surface area (Å²) >= 11 is 0. The lowest BCUT2D eigenvalue weighted by atomic mass is 9.70. The van der Waals surface area contributed by atoms with Gasteiger partial charge in [-0.15, -0.1) is 13.2 Å². The first-order valence-electron chi connectivity index (χ1n) is 17.3. The molecule has 3 aliphatic rings. The van der Waals surface area contributed by atoms with Crippen molar-refractivity contribution in [3.8, 4) is 0 Å². The Kier molecular flexibility index (Phi) is 13.4. The Morgan fingerprint density at radius 2 is 1.96 bits per heavy atom. The number of nitrogens with zero attached hydrogens (tertiary/aromatic N) is 2. The number of methoxy groups -OCH3 is 1. The van der Waals surface area contributed by atoms with Crippen molar-refractivity contribution < 1.29 is 38.5 Å². The molecule has 3 heterocycles. The Morgan fingerprint density at radius 3 is 2.60 bits per heavy atom. The number of hydrogen-bond acceptors (Lipinski definition) is 8. The number of amides is 3. The maximum absolute atomic E-state index is 14.5. The fraction of sp³-hybridized carbons (Fsp3) is 0.622. The van der Waals surface area contributed by atoms with E-state index in [9.17, 15) is 24.3 Å². The molecule has 11 nitrogen and oxygen atoms in total. The number of esters is 1. The molecule has 1 spiro atoms. The van der Waals surface area contributed by atoms with E-state index in [0.29, 0.717) is 44.2 Å². The Labute approximate surface area is 284 Å². The van der Waals surface area contributed by atoms with Crippen molar-refractivity contribution in [1.82, 2.24) is 15.1 Å². The van der Waals surface area contributed by atoms with Crippen LogP contribution in [0.3, 0.4) is 0 Å². The van der Waals surface area contributed by atoms with E-state index < -0.39 is 47.7 Å². The minimum absolute atomic E-state index is 0.0352. The van der Waals surface area contributed by atoms with Crippen molar-refractivity contribution in [2.75, 3.05) is 33.4 Å². The molecule has 1 aromatic carbocycles. The van der Waals surface area contributed by atoms with Crippen molar-refractivity contribution in [2.24, 2.45) is 11.8 Å². The van der Waals surface area contributed by atoms with Crippen molar-refractivity contribution in [1.29, 1.82) is 0 Å². The summed E-state index contributed by atoms with van der Waals surface area (Å²) in [5.74, 6) is -3.20. The third-order valence-corrected chi connectivity index (χ3v) is 9.97. The molecule has 3 aliphatic heterocycles. The minimum Gasteiger partial charge on any atom is -0.455 e. The van der Waals surface area contributed by atoms with E-state index in [1.165, 1.54) is 7.11 Å². The van der Waals surface area contributed by atoms with E-state index in [4.69, 9.17) is 14.2 Å². The van der Waals surface area contributed by atoms with Gasteiger partial charge >= 0.3 is 5.97 Å². The van der Waals surface area contributed by atoms with Gasteiger partial charge < -0.3 is 34.4 Å². The van der Waals surface area contributed by atoms with Crippen molar-refractivity contribution >= 4 is 23.7 Å². The number of fused-ring (bicyclic) bond motifs is 1. The highest BCUT2D eigenvalue weighted by Crippen LogP contribution is 2.59. The first kappa shape index (κ1) is 37.3. The number of likely N-dealkylation sites (tertiary alicyclic amines) is 1. The van der Waals surface area contributed by atoms with Crippen LogP contribution in [0, 0.1) is 11.8 Å². The number of rotatable bonds is 20. The number of nitrogens with one attached hydrogen (secondary N) is 1. The number of ether oxygens (including phenoxy) is 3. The highest BCUT2D eigenvalue weighted by Gasteiger charge is 2.75. The topological polar surface area (TPSA) is 135 Å². The third-order valence-electron chi connectivity index (χ3n) is 9.97. The molecule has 3 saturated heterocycles. The highest BCUT2D eigenvalue weighted by atomic mass is 16.6. The number of allylic oxidation sites excluding steroid dienone is 1. The number of carbonyl (C=O) groups is 4. The standard InChI is InChI=1S/C37H53N3O8/c1-6-9-18-29(42)38-27(24-46-5)32(26-16-11-10-12-17-26)47-36(45)30-28-19-20-37(48-28)31(30)34(43)40(22-13-14-23-41)33(37)35(44)39(21-8-3)25(4)15-7-2/h6,8,10-12,16-17,25,27-28,30-33,41H,1,3,7,9,13-15,18-24H2,2,4-5H3,(H,38,42)/t25?,27-,28+,30-,31-,32-,33+,37-/m1/s1. The number of benzene rings is 1. The van der Waals surface area contributed by atoms with Gasteiger partial charge in [0.05, 0.1) is 30.6 Å². The third kappa shape index (κ3) is 7.68. The van der Waals surface area contributed by atoms with Crippen LogP contribution in [0.2, 0.25) is 0 Å². The molecular weight excluding hydrogens is 614 g/mol. The van der Waals surface area contributed by atoms with E-state index in [-0.39, 0.29) is 49.9 Å². The monoisotopic (exact) mass is 667 g/mol. The number of hydrogen-bond donors (Lipinski definition) is 2. The molecule has 1 unspecified atom stereocenters. The van der Waals surface area contributed by atoms with Crippen LogP contribution < -0.4 is 5.32 Å². The van der Waals surface area contributed by atoms with Crippen molar-refractivity contribution in [3.05, 3.63) is 61.2 Å². The van der Waals surface area contributed by atoms with Gasteiger partial charge in [-0.1, -0.05) is 55.8 Å². The summed E-state index contributed by atoms with van der Waals surface area (Å²) in [7, 11) is 1.51. The average Bonchev–Trinajstić information content (AvgIpc) is 3.72. The molecule has 264 valence electrons. The summed E-state index contributed by atoms with van der Waals surface area (Å²) in [6.07, 6.45) is 6.16. The Morgan fingerprint density at radius 1 is 1.21 bits per heavy atom. The molecule has 8 atom stereocenters. The largest absolute Gasteiger partial charge is 0.455 e. The molecule has 0 saturated carbocycles. The van der Waals surface area contributed by atoms with E-state index in [2.05, 4.69) is 25.4 Å². The predicted octanol–water partition coefficient (Wildman–Crippen LogP) is 3.72. The molecule has 2 N–H and O–H groups in total. The fourth-order valence-electron chi connectivity index (χ4n) is 7.82. The SMILES string of the molecule is C=CCCC(=O)N[C@H](COC)[C@H](OC(=O)[C@@H]1[C@@H]2CC[C@]3(O2)[C@H](C(=O)N(CC=C)C(C)CCC)N(CCCCO)C(=O)[C@@H]13)c1ccccc1. The predicted molar refractivity (Wildman–Crippen MR) is 180 cm³/mol. The van der Waals surface area contributed by atoms with Gasteiger partial charge in [-0.25, -0.2) is 0 Å². The average molecular weight is 668 g/mol. The molecule has 3 fully saturated rings. The Hall–Kier alpha value is -3.54. The molecular formula is C37H53N3O8. The van der Waals surface area contributed by atoms with Gasteiger partial charge in [0, 0.05) is 39.3 Å². The summed E-state index contributed by atoms with van der Waals surface area (Å²) in [6.45, 7) is 12.2. The van der Waals surface area contributed by atoms with Crippen molar-refractivity contribution in [3.63, 3.8) is 0 Å². The van der Waals surface area contributed by atoms with Crippen LogP contribution >= 0.6 is 0 Å². The van der Waals surface area contributed by atoms with Gasteiger partial charge in [-0.2, -0.15) is 0 Å². The van der Waals surface area contributed by atoms with Crippen LogP contribution in [0.1, 0.15) is 76.9 Å². The summed E-state index contributed by atoms with van der Waals surface area (Å²) in [6, 6.07) is 7.43. The number of aliphatic hydroxyl groups is 1. The molecule has 2 bridgehead atoms. The maximum atomic E-state index is 14.5. The zero-order valence-corrected chi connectivity index (χ0v) is 28.7. The van der Waals surface area contributed by atoms with E-state index in [1.807, 2.05) is 37.3 Å². The van der Waals surface area contributed by atoms with E-state index in [0.717, 1.165) is 12.8 Å². The molecule has 0 aliphatic carbocycles. The second-order valence-corrected chi connectivity index (χ2v) is 13.2. The zero-order chi connectivity index (χ0) is 34.8. The van der Waals surface area contributed by atoms with Gasteiger partial charge in [-0.05, 0) is 51.0 Å². The highest BCUT2D eigenvalue weighted by molar-refractivity contribution is 5.98.